The molecular weight excluding hydrogens is 362 g/mol. The highest BCUT2D eigenvalue weighted by Crippen LogP contribution is 2.25. The van der Waals surface area contributed by atoms with Crippen molar-refractivity contribution in [2.45, 2.75) is 0 Å². The van der Waals surface area contributed by atoms with Gasteiger partial charge < -0.3 is 10.6 Å². The topological polar surface area (TPSA) is 66.6 Å². The summed E-state index contributed by atoms with van der Waals surface area (Å²) in [5.74, 6) is 0. The molecule has 0 saturated carbocycles. The van der Waals surface area contributed by atoms with E-state index in [1.54, 1.807) is 0 Å². The van der Waals surface area contributed by atoms with E-state index in [2.05, 4.69) is 20.8 Å². The van der Waals surface area contributed by atoms with E-state index in [1.165, 1.54) is 10.6 Å². The molecule has 2 N–H and O–H groups in total. The number of hydrogen-bond donors (Lipinski definition) is 1. The van der Waals surface area contributed by atoms with E-state index in [-0.39, 0.29) is 0 Å². The largest absolute Gasteiger partial charge is 0.389 e. The minimum atomic E-state index is -3.09. The van der Waals surface area contributed by atoms with Gasteiger partial charge in [-0.15, -0.1) is 0 Å². The summed E-state index contributed by atoms with van der Waals surface area (Å²) < 4.78 is 25.3. The fourth-order valence-corrected chi connectivity index (χ4v) is 3.89. The van der Waals surface area contributed by atoms with Crippen LogP contribution in [0.2, 0.25) is 0 Å². The maximum Gasteiger partial charge on any atom is 0.211 e. The number of sulfonamides is 1. The van der Waals surface area contributed by atoms with Crippen molar-refractivity contribution in [2.75, 3.05) is 37.3 Å². The summed E-state index contributed by atoms with van der Waals surface area (Å²) in [4.78, 5) is 2.50. The predicted molar refractivity (Wildman–Crippen MR) is 88.7 cm³/mol. The first-order valence-electron chi connectivity index (χ1n) is 6.08. The molecule has 2 rings (SSSR count). The van der Waals surface area contributed by atoms with E-state index in [9.17, 15) is 8.42 Å². The van der Waals surface area contributed by atoms with Crippen LogP contribution in [0, 0.1) is 0 Å². The minimum absolute atomic E-state index is 0.352. The van der Waals surface area contributed by atoms with Crippen LogP contribution in [0.25, 0.3) is 0 Å². The summed E-state index contributed by atoms with van der Waals surface area (Å²) >= 11 is 8.42. The van der Waals surface area contributed by atoms with Gasteiger partial charge in [0.05, 0.1) is 6.26 Å². The molecule has 0 aliphatic carbocycles. The smallest absolute Gasteiger partial charge is 0.211 e. The highest BCUT2D eigenvalue weighted by Gasteiger charge is 2.23. The Morgan fingerprint density at radius 1 is 1.30 bits per heavy atom. The number of nitrogens with zero attached hydrogens (tertiary/aromatic N) is 2. The Hall–Kier alpha value is -0.700. The SMILES string of the molecule is CS(=O)(=O)N1CCN(c2ccc(C(N)=S)c(Br)c2)CC1. The first kappa shape index (κ1) is 15.7. The maximum atomic E-state index is 11.5. The van der Waals surface area contributed by atoms with Gasteiger partial charge in [-0.25, -0.2) is 8.42 Å². The van der Waals surface area contributed by atoms with Crippen LogP contribution in [0.4, 0.5) is 5.69 Å². The standard InChI is InChI=1S/C12H16BrN3O2S2/c1-20(17,18)16-6-4-15(5-7-16)9-2-3-10(12(14)19)11(13)8-9/h2-3,8H,4-7H2,1H3,(H2,14,19). The quantitative estimate of drug-likeness (QED) is 0.800. The molecule has 1 aliphatic heterocycles. The van der Waals surface area contributed by atoms with Crippen molar-refractivity contribution in [3.8, 4) is 0 Å². The van der Waals surface area contributed by atoms with Gasteiger partial charge in [0, 0.05) is 41.9 Å². The van der Waals surface area contributed by atoms with Crippen molar-refractivity contribution in [3.63, 3.8) is 0 Å². The van der Waals surface area contributed by atoms with Crippen LogP contribution in [0.1, 0.15) is 5.56 Å². The van der Waals surface area contributed by atoms with E-state index in [1.807, 2.05) is 18.2 Å². The molecule has 1 fully saturated rings. The van der Waals surface area contributed by atoms with Crippen molar-refractivity contribution in [3.05, 3.63) is 28.2 Å². The molecule has 1 saturated heterocycles. The van der Waals surface area contributed by atoms with Crippen molar-refractivity contribution in [2.24, 2.45) is 5.73 Å². The Kier molecular flexibility index (Phi) is 4.68. The van der Waals surface area contributed by atoms with E-state index < -0.39 is 10.0 Å². The molecule has 0 aromatic heterocycles. The van der Waals surface area contributed by atoms with Crippen LogP contribution >= 0.6 is 28.1 Å². The van der Waals surface area contributed by atoms with Crippen LogP contribution in [0.3, 0.4) is 0 Å². The highest BCUT2D eigenvalue weighted by atomic mass is 79.9. The molecule has 110 valence electrons. The third-order valence-corrected chi connectivity index (χ3v) is 5.47. The second-order valence-electron chi connectivity index (χ2n) is 4.68. The lowest BCUT2D eigenvalue weighted by Gasteiger charge is -2.34. The van der Waals surface area contributed by atoms with Crippen LogP contribution in [0.5, 0.6) is 0 Å². The third-order valence-electron chi connectivity index (χ3n) is 3.29. The lowest BCUT2D eigenvalue weighted by Crippen LogP contribution is -2.48. The second kappa shape index (κ2) is 5.97. The zero-order chi connectivity index (χ0) is 14.9. The van der Waals surface area contributed by atoms with Crippen molar-refractivity contribution in [1.82, 2.24) is 4.31 Å². The van der Waals surface area contributed by atoms with Gasteiger partial charge in [-0.05, 0) is 34.1 Å². The molecule has 0 radical (unpaired) electrons. The number of rotatable bonds is 3. The molecule has 20 heavy (non-hydrogen) atoms. The van der Waals surface area contributed by atoms with Gasteiger partial charge in [-0.2, -0.15) is 4.31 Å². The molecule has 0 bridgehead atoms. The Morgan fingerprint density at radius 2 is 1.90 bits per heavy atom. The van der Waals surface area contributed by atoms with Crippen LogP contribution in [-0.2, 0) is 10.0 Å². The Bertz CT molecular complexity index is 626. The summed E-state index contributed by atoms with van der Waals surface area (Å²) in [6.07, 6.45) is 1.25. The number of nitrogens with two attached hydrogens (primary N) is 1. The normalized spacial score (nSPS) is 17.2. The molecule has 0 atom stereocenters. The number of thiocarbonyl (C=S) groups is 1. The number of anilines is 1. The van der Waals surface area contributed by atoms with Gasteiger partial charge in [0.15, 0.2) is 0 Å². The summed E-state index contributed by atoms with van der Waals surface area (Å²) in [5.41, 5.74) is 7.46. The molecule has 1 aliphatic rings. The average Bonchev–Trinajstić information content (AvgIpc) is 2.37. The Balaban J connectivity index is 2.11. The van der Waals surface area contributed by atoms with Gasteiger partial charge in [-0.1, -0.05) is 12.2 Å². The van der Waals surface area contributed by atoms with Gasteiger partial charge in [0.25, 0.3) is 0 Å². The average molecular weight is 378 g/mol. The zero-order valence-electron chi connectivity index (χ0n) is 11.0. The summed E-state index contributed by atoms with van der Waals surface area (Å²) in [6, 6.07) is 5.80. The molecule has 1 aromatic carbocycles. The number of benzene rings is 1. The maximum absolute atomic E-state index is 11.5. The van der Waals surface area contributed by atoms with Gasteiger partial charge >= 0.3 is 0 Å². The van der Waals surface area contributed by atoms with Crippen LogP contribution in [0.15, 0.2) is 22.7 Å². The molecular formula is C12H16BrN3O2S2. The number of piperazine rings is 1. The fraction of sp³-hybridized carbons (Fsp3) is 0.417. The lowest BCUT2D eigenvalue weighted by molar-refractivity contribution is 0.388. The fourth-order valence-electron chi connectivity index (χ4n) is 2.18. The summed E-state index contributed by atoms with van der Waals surface area (Å²) in [7, 11) is -3.09. The van der Waals surface area contributed by atoms with Crippen LogP contribution in [-0.4, -0.2) is 50.1 Å². The van der Waals surface area contributed by atoms with Crippen LogP contribution < -0.4 is 10.6 Å². The van der Waals surface area contributed by atoms with E-state index in [0.717, 1.165) is 15.7 Å². The van der Waals surface area contributed by atoms with E-state index in [0.29, 0.717) is 31.2 Å². The number of halogens is 1. The van der Waals surface area contributed by atoms with E-state index in [4.69, 9.17) is 18.0 Å². The Morgan fingerprint density at radius 3 is 2.35 bits per heavy atom. The molecule has 1 heterocycles. The van der Waals surface area contributed by atoms with Crippen molar-refractivity contribution in [1.29, 1.82) is 0 Å². The lowest BCUT2D eigenvalue weighted by atomic mass is 10.2. The summed E-state index contributed by atoms with van der Waals surface area (Å²) in [5, 5.41) is 0. The zero-order valence-corrected chi connectivity index (χ0v) is 14.3. The van der Waals surface area contributed by atoms with Crippen molar-refractivity contribution >= 4 is 48.8 Å². The van der Waals surface area contributed by atoms with E-state index >= 15 is 0 Å². The molecule has 5 nitrogen and oxygen atoms in total. The Labute approximate surface area is 132 Å². The molecule has 8 heteroatoms. The third kappa shape index (κ3) is 3.49. The summed E-state index contributed by atoms with van der Waals surface area (Å²) in [6.45, 7) is 2.36. The minimum Gasteiger partial charge on any atom is -0.389 e. The highest BCUT2D eigenvalue weighted by molar-refractivity contribution is 9.10. The van der Waals surface area contributed by atoms with Gasteiger partial charge in [-0.3, -0.25) is 0 Å². The van der Waals surface area contributed by atoms with Gasteiger partial charge in [0.1, 0.15) is 4.99 Å². The van der Waals surface area contributed by atoms with Gasteiger partial charge in [0.2, 0.25) is 10.0 Å². The first-order valence-corrected chi connectivity index (χ1v) is 9.13. The molecule has 1 aromatic rings. The molecule has 0 amide bonds. The first-order chi connectivity index (χ1) is 9.29. The molecule has 0 spiro atoms. The predicted octanol–water partition coefficient (Wildman–Crippen LogP) is 1.16. The van der Waals surface area contributed by atoms with Crippen molar-refractivity contribution < 1.29 is 8.42 Å². The second-order valence-corrected chi connectivity index (χ2v) is 7.95. The number of hydrogen-bond acceptors (Lipinski definition) is 4. The molecule has 0 unspecified atom stereocenters. The monoisotopic (exact) mass is 377 g/mol.